The number of hydrogen-bond acceptors (Lipinski definition) is 2. The van der Waals surface area contributed by atoms with Crippen molar-refractivity contribution >= 4 is 5.91 Å². The molecule has 1 amide bonds. The van der Waals surface area contributed by atoms with Crippen LogP contribution in [0, 0.1) is 5.82 Å². The Morgan fingerprint density at radius 3 is 2.71 bits per heavy atom. The number of amides is 1. The zero-order valence-electron chi connectivity index (χ0n) is 9.73. The first-order chi connectivity index (χ1) is 8.16. The molecule has 0 unspecified atom stereocenters. The fraction of sp³-hybridized carbons (Fsp3) is 0.462. The molecule has 1 atom stereocenters. The molecule has 4 heteroatoms. The van der Waals surface area contributed by atoms with Crippen molar-refractivity contribution < 1.29 is 9.18 Å². The van der Waals surface area contributed by atoms with Gasteiger partial charge in [-0.3, -0.25) is 4.79 Å². The minimum absolute atomic E-state index is 0.00632. The number of nitrogens with two attached hydrogens (primary N) is 1. The third-order valence-electron chi connectivity index (χ3n) is 3.11. The first-order valence-corrected chi connectivity index (χ1v) is 5.95. The lowest BCUT2D eigenvalue weighted by Crippen LogP contribution is -2.41. The van der Waals surface area contributed by atoms with E-state index in [2.05, 4.69) is 0 Å². The minimum atomic E-state index is -0.377. The number of nitrogens with zero attached hydrogens (tertiary/aromatic N) is 1. The minimum Gasteiger partial charge on any atom is -0.337 e. The molecule has 1 aliphatic heterocycles. The summed E-state index contributed by atoms with van der Waals surface area (Å²) in [5, 5.41) is 0. The molecule has 92 valence electrons. The molecule has 0 aromatic heterocycles. The van der Waals surface area contributed by atoms with E-state index in [9.17, 15) is 9.18 Å². The van der Waals surface area contributed by atoms with Gasteiger partial charge < -0.3 is 10.6 Å². The van der Waals surface area contributed by atoms with Gasteiger partial charge in [0.25, 0.3) is 0 Å². The Bertz CT molecular complexity index is 391. The normalized spacial score (nSPS) is 21.4. The molecule has 1 aromatic rings. The Morgan fingerprint density at radius 2 is 2.00 bits per heavy atom. The molecule has 1 fully saturated rings. The van der Waals surface area contributed by atoms with E-state index in [0.717, 1.165) is 31.4 Å². The van der Waals surface area contributed by atoms with Crippen LogP contribution in [0.3, 0.4) is 0 Å². The average Bonchev–Trinajstić information content (AvgIpc) is 2.48. The van der Waals surface area contributed by atoms with Gasteiger partial charge >= 0.3 is 0 Å². The summed E-state index contributed by atoms with van der Waals surface area (Å²) in [6, 6.07) is 5.87. The van der Waals surface area contributed by atoms with Gasteiger partial charge in [0, 0.05) is 13.1 Å². The van der Waals surface area contributed by atoms with E-state index in [4.69, 9.17) is 5.73 Å². The van der Waals surface area contributed by atoms with Crippen molar-refractivity contribution in [1.29, 1.82) is 0 Å². The van der Waals surface area contributed by atoms with Crippen LogP contribution in [0.5, 0.6) is 0 Å². The number of rotatable bonds is 2. The number of hydrogen-bond donors (Lipinski definition) is 1. The van der Waals surface area contributed by atoms with Gasteiger partial charge in [-0.1, -0.05) is 12.1 Å². The van der Waals surface area contributed by atoms with Crippen molar-refractivity contribution in [3.8, 4) is 0 Å². The summed E-state index contributed by atoms with van der Waals surface area (Å²) >= 11 is 0. The van der Waals surface area contributed by atoms with Crippen molar-refractivity contribution in [2.24, 2.45) is 5.73 Å². The van der Waals surface area contributed by atoms with Crippen LogP contribution in [0.2, 0.25) is 0 Å². The van der Waals surface area contributed by atoms with Crippen molar-refractivity contribution in [3.63, 3.8) is 0 Å². The van der Waals surface area contributed by atoms with Gasteiger partial charge in [0.1, 0.15) is 5.82 Å². The maximum absolute atomic E-state index is 12.8. The van der Waals surface area contributed by atoms with E-state index in [1.165, 1.54) is 12.1 Å². The highest BCUT2D eigenvalue weighted by Crippen LogP contribution is 2.14. The molecular formula is C13H17FN2O. The van der Waals surface area contributed by atoms with Gasteiger partial charge in [0.2, 0.25) is 5.91 Å². The zero-order valence-corrected chi connectivity index (χ0v) is 9.73. The number of carbonyl (C=O) groups is 1. The number of carbonyl (C=O) groups excluding carboxylic acids is 1. The summed E-state index contributed by atoms with van der Waals surface area (Å²) < 4.78 is 12.8. The third kappa shape index (κ3) is 3.03. The van der Waals surface area contributed by atoms with Crippen LogP contribution < -0.4 is 5.73 Å². The molecule has 1 heterocycles. The van der Waals surface area contributed by atoms with Gasteiger partial charge in [-0.05, 0) is 37.0 Å². The second-order valence-electron chi connectivity index (χ2n) is 4.49. The molecule has 3 nitrogen and oxygen atoms in total. The quantitative estimate of drug-likeness (QED) is 0.849. The first-order valence-electron chi connectivity index (χ1n) is 5.95. The molecule has 1 aliphatic rings. The fourth-order valence-electron chi connectivity index (χ4n) is 2.10. The molecule has 17 heavy (non-hydrogen) atoms. The Hall–Kier alpha value is -1.42. The van der Waals surface area contributed by atoms with Crippen molar-refractivity contribution in [1.82, 2.24) is 4.90 Å². The third-order valence-corrected chi connectivity index (χ3v) is 3.11. The van der Waals surface area contributed by atoms with E-state index in [0.29, 0.717) is 6.54 Å². The van der Waals surface area contributed by atoms with Gasteiger partial charge in [-0.15, -0.1) is 0 Å². The lowest BCUT2D eigenvalue weighted by Gasteiger charge is -2.22. The maximum Gasteiger partial charge on any atom is 0.239 e. The number of likely N-dealkylation sites (tertiary alicyclic amines) is 1. The molecule has 0 saturated carbocycles. The zero-order chi connectivity index (χ0) is 12.3. The lowest BCUT2D eigenvalue weighted by molar-refractivity contribution is -0.132. The van der Waals surface area contributed by atoms with E-state index in [-0.39, 0.29) is 17.8 Å². The Morgan fingerprint density at radius 1 is 1.29 bits per heavy atom. The lowest BCUT2D eigenvalue weighted by atomic mass is 10.1. The Labute approximate surface area is 100 Å². The van der Waals surface area contributed by atoms with Crippen LogP contribution in [0.4, 0.5) is 4.39 Å². The summed E-state index contributed by atoms with van der Waals surface area (Å²) in [6.07, 6.45) is 2.74. The smallest absolute Gasteiger partial charge is 0.239 e. The van der Waals surface area contributed by atoms with Gasteiger partial charge in [0.15, 0.2) is 0 Å². The van der Waals surface area contributed by atoms with E-state index in [1.54, 1.807) is 17.0 Å². The summed E-state index contributed by atoms with van der Waals surface area (Å²) in [4.78, 5) is 13.7. The molecule has 0 bridgehead atoms. The van der Waals surface area contributed by atoms with Crippen LogP contribution in [-0.2, 0) is 11.3 Å². The summed E-state index contributed by atoms with van der Waals surface area (Å²) in [5.74, 6) is -0.250. The highest BCUT2D eigenvalue weighted by atomic mass is 19.1. The Balaban J connectivity index is 2.06. The molecule has 2 N–H and O–H groups in total. The summed E-state index contributed by atoms with van der Waals surface area (Å²) in [7, 11) is 0. The van der Waals surface area contributed by atoms with Crippen LogP contribution in [0.15, 0.2) is 24.3 Å². The second-order valence-corrected chi connectivity index (χ2v) is 4.49. The van der Waals surface area contributed by atoms with Gasteiger partial charge in [0.05, 0.1) is 6.04 Å². The van der Waals surface area contributed by atoms with E-state index >= 15 is 0 Å². The molecular weight excluding hydrogens is 219 g/mol. The van der Waals surface area contributed by atoms with Gasteiger partial charge in [-0.25, -0.2) is 4.39 Å². The molecule has 2 rings (SSSR count). The SMILES string of the molecule is N[C@@H]1CCCCN(Cc2ccc(F)cc2)C1=O. The first kappa shape index (κ1) is 12.0. The molecule has 0 spiro atoms. The Kier molecular flexibility index (Phi) is 3.74. The number of benzene rings is 1. The topological polar surface area (TPSA) is 46.3 Å². The predicted molar refractivity (Wildman–Crippen MR) is 63.6 cm³/mol. The summed E-state index contributed by atoms with van der Waals surface area (Å²) in [6.45, 7) is 1.26. The molecule has 0 radical (unpaired) electrons. The van der Waals surface area contributed by atoms with Crippen molar-refractivity contribution in [3.05, 3.63) is 35.6 Å². The number of halogens is 1. The molecule has 0 aliphatic carbocycles. The standard InChI is InChI=1S/C13H17FN2O/c14-11-6-4-10(5-7-11)9-16-8-2-1-3-12(15)13(16)17/h4-7,12H,1-3,8-9,15H2/t12-/m1/s1. The highest BCUT2D eigenvalue weighted by Gasteiger charge is 2.23. The van der Waals surface area contributed by atoms with Gasteiger partial charge in [-0.2, -0.15) is 0 Å². The molecule has 1 saturated heterocycles. The fourth-order valence-corrected chi connectivity index (χ4v) is 2.10. The average molecular weight is 236 g/mol. The van der Waals surface area contributed by atoms with Crippen LogP contribution in [0.1, 0.15) is 24.8 Å². The van der Waals surface area contributed by atoms with E-state index in [1.807, 2.05) is 0 Å². The van der Waals surface area contributed by atoms with Crippen LogP contribution in [-0.4, -0.2) is 23.4 Å². The second kappa shape index (κ2) is 5.27. The van der Waals surface area contributed by atoms with Crippen LogP contribution in [0.25, 0.3) is 0 Å². The summed E-state index contributed by atoms with van der Waals surface area (Å²) in [5.41, 5.74) is 6.73. The molecule has 1 aromatic carbocycles. The van der Waals surface area contributed by atoms with Crippen LogP contribution >= 0.6 is 0 Å². The maximum atomic E-state index is 12.8. The predicted octanol–water partition coefficient (Wildman–Crippen LogP) is 1.67. The van der Waals surface area contributed by atoms with Crippen molar-refractivity contribution in [2.45, 2.75) is 31.8 Å². The highest BCUT2D eigenvalue weighted by molar-refractivity contribution is 5.81. The van der Waals surface area contributed by atoms with E-state index < -0.39 is 0 Å². The monoisotopic (exact) mass is 236 g/mol. The van der Waals surface area contributed by atoms with Crippen molar-refractivity contribution in [2.75, 3.05) is 6.54 Å². The largest absolute Gasteiger partial charge is 0.337 e.